The van der Waals surface area contributed by atoms with E-state index in [0.717, 1.165) is 6.42 Å². The maximum absolute atomic E-state index is 13.3. The smallest absolute Gasteiger partial charge is 0.301 e. The van der Waals surface area contributed by atoms with E-state index >= 15 is 0 Å². The number of hydrogen-bond acceptors (Lipinski definition) is 8. The number of aliphatic hydroxyl groups is 1. The van der Waals surface area contributed by atoms with Gasteiger partial charge in [0, 0.05) is 5.56 Å². The lowest BCUT2D eigenvalue weighted by atomic mass is 9.95. The molecule has 4 rings (SSSR count). The molecule has 9 heteroatoms. The average Bonchev–Trinajstić information content (AvgIpc) is 3.39. The Balaban J connectivity index is 1.80. The number of benzene rings is 2. The van der Waals surface area contributed by atoms with Gasteiger partial charge in [0.05, 0.1) is 24.8 Å². The Bertz CT molecular complexity index is 1280. The fourth-order valence-corrected chi connectivity index (χ4v) is 4.66. The zero-order valence-electron chi connectivity index (χ0n) is 20.7. The molecule has 0 aliphatic carbocycles. The van der Waals surface area contributed by atoms with E-state index in [1.165, 1.54) is 16.2 Å². The van der Waals surface area contributed by atoms with Gasteiger partial charge in [0.2, 0.25) is 5.13 Å². The van der Waals surface area contributed by atoms with E-state index in [1.807, 2.05) is 19.1 Å². The van der Waals surface area contributed by atoms with Crippen LogP contribution in [-0.4, -0.2) is 40.2 Å². The van der Waals surface area contributed by atoms with Gasteiger partial charge in [-0.3, -0.25) is 14.5 Å². The van der Waals surface area contributed by atoms with Crippen LogP contribution in [0, 0.1) is 12.8 Å². The number of amides is 1. The van der Waals surface area contributed by atoms with Crippen molar-refractivity contribution in [2.75, 3.05) is 18.1 Å². The quantitative estimate of drug-likeness (QED) is 0.238. The number of Topliss-reactive ketones (excluding diaryl/α,β-unsaturated/α-hetero) is 1. The maximum atomic E-state index is 13.3. The highest BCUT2D eigenvalue weighted by molar-refractivity contribution is 7.15. The molecule has 0 radical (unpaired) electrons. The van der Waals surface area contributed by atoms with Crippen molar-refractivity contribution >= 4 is 33.9 Å². The summed E-state index contributed by atoms with van der Waals surface area (Å²) in [4.78, 5) is 27.8. The minimum atomic E-state index is -0.891. The number of carbonyl (C=O) groups is 2. The van der Waals surface area contributed by atoms with Crippen molar-refractivity contribution in [2.24, 2.45) is 5.92 Å². The Labute approximate surface area is 214 Å². The topological polar surface area (TPSA) is 102 Å². The molecule has 2 aromatic carbocycles. The molecule has 8 nitrogen and oxygen atoms in total. The monoisotopic (exact) mass is 507 g/mol. The van der Waals surface area contributed by atoms with Gasteiger partial charge in [0.25, 0.3) is 5.78 Å². The van der Waals surface area contributed by atoms with Gasteiger partial charge in [0.15, 0.2) is 0 Å². The fraction of sp³-hybridized carbons (Fsp3) is 0.333. The number of aryl methyl sites for hydroxylation is 1. The van der Waals surface area contributed by atoms with Crippen molar-refractivity contribution < 1.29 is 24.2 Å². The van der Waals surface area contributed by atoms with Crippen LogP contribution in [0.25, 0.3) is 5.76 Å². The number of hydrogen-bond donors (Lipinski definition) is 1. The third kappa shape index (κ3) is 5.26. The van der Waals surface area contributed by atoms with Crippen molar-refractivity contribution in [3.8, 4) is 11.5 Å². The third-order valence-electron chi connectivity index (χ3n) is 5.74. The fourth-order valence-electron chi connectivity index (χ4n) is 3.95. The Morgan fingerprint density at radius 2 is 1.83 bits per heavy atom. The van der Waals surface area contributed by atoms with Crippen LogP contribution in [0.5, 0.6) is 11.5 Å². The molecule has 1 N–H and O–H groups in total. The Kier molecular flexibility index (Phi) is 7.69. The summed E-state index contributed by atoms with van der Waals surface area (Å²) in [5.74, 6) is -0.0683. The van der Waals surface area contributed by atoms with Crippen molar-refractivity contribution in [3.05, 3.63) is 70.2 Å². The zero-order chi connectivity index (χ0) is 25.8. The molecule has 1 unspecified atom stereocenters. The molecular formula is C27H29N3O5S. The van der Waals surface area contributed by atoms with Gasteiger partial charge >= 0.3 is 5.91 Å². The summed E-state index contributed by atoms with van der Waals surface area (Å²) < 4.78 is 11.4. The Morgan fingerprint density at radius 3 is 2.47 bits per heavy atom. The summed E-state index contributed by atoms with van der Waals surface area (Å²) in [5.41, 5.74) is 1.01. The molecule has 1 aromatic heterocycles. The molecule has 0 bridgehead atoms. The van der Waals surface area contributed by atoms with Crippen molar-refractivity contribution in [3.63, 3.8) is 0 Å². The van der Waals surface area contributed by atoms with Crippen molar-refractivity contribution in [1.29, 1.82) is 0 Å². The predicted molar refractivity (Wildman–Crippen MR) is 138 cm³/mol. The van der Waals surface area contributed by atoms with Gasteiger partial charge in [-0.15, -0.1) is 10.2 Å². The number of anilines is 1. The normalized spacial score (nSPS) is 17.1. The largest absolute Gasteiger partial charge is 0.507 e. The summed E-state index contributed by atoms with van der Waals surface area (Å²) in [6.45, 7) is 8.95. The number of ketones is 1. The lowest BCUT2D eigenvalue weighted by Gasteiger charge is -2.23. The molecule has 3 aromatic rings. The molecule has 0 saturated carbocycles. The number of aromatic nitrogens is 2. The first-order valence-corrected chi connectivity index (χ1v) is 12.7. The summed E-state index contributed by atoms with van der Waals surface area (Å²) in [6, 6.07) is 13.1. The van der Waals surface area contributed by atoms with E-state index in [2.05, 4.69) is 24.0 Å². The Hall–Kier alpha value is -3.72. The first kappa shape index (κ1) is 25.4. The molecule has 0 spiro atoms. The lowest BCUT2D eigenvalue weighted by molar-refractivity contribution is -0.132. The van der Waals surface area contributed by atoms with Gasteiger partial charge < -0.3 is 14.6 Å². The van der Waals surface area contributed by atoms with E-state index < -0.39 is 17.7 Å². The van der Waals surface area contributed by atoms with Crippen molar-refractivity contribution in [2.45, 2.75) is 40.2 Å². The van der Waals surface area contributed by atoms with Crippen LogP contribution in [0.15, 0.2) is 54.1 Å². The van der Waals surface area contributed by atoms with E-state index in [4.69, 9.17) is 9.47 Å². The first-order valence-electron chi connectivity index (χ1n) is 11.9. The number of aliphatic hydroxyl groups excluding tert-OH is 1. The second-order valence-corrected chi connectivity index (χ2v) is 9.99. The molecule has 2 heterocycles. The molecule has 36 heavy (non-hydrogen) atoms. The van der Waals surface area contributed by atoms with E-state index in [0.29, 0.717) is 46.8 Å². The van der Waals surface area contributed by atoms with E-state index in [-0.39, 0.29) is 16.5 Å². The lowest BCUT2D eigenvalue weighted by Crippen LogP contribution is -2.29. The van der Waals surface area contributed by atoms with Crippen LogP contribution >= 0.6 is 11.3 Å². The molecule has 1 aliphatic rings. The van der Waals surface area contributed by atoms with Crippen molar-refractivity contribution in [1.82, 2.24) is 10.2 Å². The molecule has 1 amide bonds. The number of nitrogens with zero attached hydrogens (tertiary/aromatic N) is 3. The van der Waals surface area contributed by atoms with Gasteiger partial charge in [0.1, 0.15) is 22.3 Å². The summed E-state index contributed by atoms with van der Waals surface area (Å²) >= 11 is 1.21. The first-order chi connectivity index (χ1) is 17.3. The number of ether oxygens (including phenoxy) is 2. The standard InChI is InChI=1S/C27H29N3O5S/c1-5-34-20-11-9-18(10-12-20)24(31)22-23(19-7-6-8-21(15-19)35-14-13-16(2)3)30(26(33)25(22)32)27-29-28-17(4)36-27/h6-12,15-16,23,31H,5,13-14H2,1-4H3. The highest BCUT2D eigenvalue weighted by atomic mass is 32.1. The van der Waals surface area contributed by atoms with Crippen LogP contribution in [0.2, 0.25) is 0 Å². The second-order valence-electron chi connectivity index (χ2n) is 8.83. The van der Waals surface area contributed by atoms with E-state index in [9.17, 15) is 14.7 Å². The molecule has 1 fully saturated rings. The van der Waals surface area contributed by atoms with E-state index in [1.54, 1.807) is 43.3 Å². The molecule has 188 valence electrons. The van der Waals surface area contributed by atoms with Gasteiger partial charge in [-0.2, -0.15) is 0 Å². The summed E-state index contributed by atoms with van der Waals surface area (Å²) in [5, 5.41) is 20.4. The van der Waals surface area contributed by atoms with Crippen LogP contribution in [-0.2, 0) is 9.59 Å². The maximum Gasteiger partial charge on any atom is 0.301 e. The number of rotatable bonds is 9. The predicted octanol–water partition coefficient (Wildman–Crippen LogP) is 5.30. The minimum Gasteiger partial charge on any atom is -0.507 e. The minimum absolute atomic E-state index is 0.0173. The summed E-state index contributed by atoms with van der Waals surface area (Å²) in [6.07, 6.45) is 0.893. The molecule has 1 aliphatic heterocycles. The molecular weight excluding hydrogens is 478 g/mol. The summed E-state index contributed by atoms with van der Waals surface area (Å²) in [7, 11) is 0. The third-order valence-corrected chi connectivity index (χ3v) is 6.58. The zero-order valence-corrected chi connectivity index (χ0v) is 21.5. The van der Waals surface area contributed by atoms with Gasteiger partial charge in [-0.1, -0.05) is 37.3 Å². The van der Waals surface area contributed by atoms with Crippen LogP contribution < -0.4 is 14.4 Å². The highest BCUT2D eigenvalue weighted by Crippen LogP contribution is 2.43. The average molecular weight is 508 g/mol. The SMILES string of the molecule is CCOc1ccc(C(O)=C2C(=O)C(=O)N(c3nnc(C)s3)C2c2cccc(OCCC(C)C)c2)cc1. The Morgan fingerprint density at radius 1 is 1.08 bits per heavy atom. The molecule has 1 saturated heterocycles. The molecule has 1 atom stereocenters. The van der Waals surface area contributed by atoms with Gasteiger partial charge in [-0.25, -0.2) is 0 Å². The second kappa shape index (κ2) is 10.9. The van der Waals surface area contributed by atoms with Crippen LogP contribution in [0.1, 0.15) is 49.4 Å². The van der Waals surface area contributed by atoms with Crippen LogP contribution in [0.3, 0.4) is 0 Å². The highest BCUT2D eigenvalue weighted by Gasteiger charge is 2.48. The number of carbonyl (C=O) groups excluding carboxylic acids is 2. The van der Waals surface area contributed by atoms with Crippen LogP contribution in [0.4, 0.5) is 5.13 Å². The van der Waals surface area contributed by atoms with Gasteiger partial charge in [-0.05, 0) is 68.1 Å².